The van der Waals surface area contributed by atoms with Gasteiger partial charge in [0.2, 0.25) is 0 Å². The Hall–Kier alpha value is -0.870. The normalized spacial score (nSPS) is 12.7. The smallest absolute Gasteiger partial charge is 0.258 e. The summed E-state index contributed by atoms with van der Waals surface area (Å²) in [6.45, 7) is 3.99. The standard InChI is InChI=1S/C12H12BrClN2O/c1-3-10(14)11-15-12(17-16-11)9-6-8(13)5-4-7(9)2/h4-6,10H,3H2,1-2H3. The highest BCUT2D eigenvalue weighted by atomic mass is 79.9. The van der Waals surface area contributed by atoms with Crippen molar-refractivity contribution in [3.63, 3.8) is 0 Å². The van der Waals surface area contributed by atoms with Gasteiger partial charge in [-0.1, -0.05) is 34.1 Å². The van der Waals surface area contributed by atoms with E-state index in [9.17, 15) is 0 Å². The molecule has 0 spiro atoms. The van der Waals surface area contributed by atoms with Crippen LogP contribution < -0.4 is 0 Å². The summed E-state index contributed by atoms with van der Waals surface area (Å²) in [4.78, 5) is 4.32. The summed E-state index contributed by atoms with van der Waals surface area (Å²) in [5, 5.41) is 3.71. The SMILES string of the molecule is CCC(Cl)c1noc(-c2cc(Br)ccc2C)n1. The maximum atomic E-state index is 6.07. The zero-order valence-electron chi connectivity index (χ0n) is 9.58. The van der Waals surface area contributed by atoms with Crippen molar-refractivity contribution >= 4 is 27.5 Å². The topological polar surface area (TPSA) is 38.9 Å². The highest BCUT2D eigenvalue weighted by Crippen LogP contribution is 2.28. The van der Waals surface area contributed by atoms with Crippen molar-refractivity contribution in [3.8, 4) is 11.5 Å². The zero-order valence-corrected chi connectivity index (χ0v) is 11.9. The number of rotatable bonds is 3. The number of alkyl halides is 1. The Kier molecular flexibility index (Phi) is 3.84. The minimum atomic E-state index is -0.194. The molecule has 3 nitrogen and oxygen atoms in total. The predicted octanol–water partition coefficient (Wildman–Crippen LogP) is 4.50. The average Bonchev–Trinajstić information content (AvgIpc) is 2.80. The molecule has 90 valence electrons. The van der Waals surface area contributed by atoms with Gasteiger partial charge in [0, 0.05) is 10.0 Å². The van der Waals surface area contributed by atoms with Crippen molar-refractivity contribution in [1.29, 1.82) is 0 Å². The van der Waals surface area contributed by atoms with Crippen LogP contribution >= 0.6 is 27.5 Å². The molecule has 2 rings (SSSR count). The van der Waals surface area contributed by atoms with Crippen LogP contribution in [0, 0.1) is 6.92 Å². The van der Waals surface area contributed by atoms with Gasteiger partial charge in [-0.2, -0.15) is 4.98 Å². The van der Waals surface area contributed by atoms with E-state index in [1.54, 1.807) is 0 Å². The largest absolute Gasteiger partial charge is 0.334 e. The number of halogens is 2. The minimum absolute atomic E-state index is 0.194. The Morgan fingerprint density at radius 2 is 2.24 bits per heavy atom. The molecule has 0 aliphatic rings. The summed E-state index contributed by atoms with van der Waals surface area (Å²) in [5.74, 6) is 1.06. The summed E-state index contributed by atoms with van der Waals surface area (Å²) in [5.41, 5.74) is 2.02. The van der Waals surface area contributed by atoms with Crippen LogP contribution in [0.4, 0.5) is 0 Å². The van der Waals surface area contributed by atoms with Crippen LogP contribution in [-0.4, -0.2) is 10.1 Å². The zero-order chi connectivity index (χ0) is 12.4. The fourth-order valence-electron chi connectivity index (χ4n) is 1.48. The predicted molar refractivity (Wildman–Crippen MR) is 71.1 cm³/mol. The van der Waals surface area contributed by atoms with Gasteiger partial charge in [0.25, 0.3) is 5.89 Å². The summed E-state index contributed by atoms with van der Waals surface area (Å²) < 4.78 is 6.23. The van der Waals surface area contributed by atoms with Crippen molar-refractivity contribution in [3.05, 3.63) is 34.1 Å². The van der Waals surface area contributed by atoms with Gasteiger partial charge < -0.3 is 4.52 Å². The maximum Gasteiger partial charge on any atom is 0.258 e. The van der Waals surface area contributed by atoms with E-state index >= 15 is 0 Å². The molecule has 0 aliphatic carbocycles. The van der Waals surface area contributed by atoms with Gasteiger partial charge in [-0.05, 0) is 31.0 Å². The Morgan fingerprint density at radius 3 is 2.94 bits per heavy atom. The molecule has 0 aliphatic heterocycles. The lowest BCUT2D eigenvalue weighted by atomic mass is 10.1. The number of aryl methyl sites for hydroxylation is 1. The lowest BCUT2D eigenvalue weighted by molar-refractivity contribution is 0.421. The first kappa shape index (κ1) is 12.6. The Labute approximate surface area is 113 Å². The number of nitrogens with zero attached hydrogens (tertiary/aromatic N) is 2. The molecule has 0 amide bonds. The molecule has 1 heterocycles. The van der Waals surface area contributed by atoms with E-state index in [-0.39, 0.29) is 5.38 Å². The molecule has 1 atom stereocenters. The van der Waals surface area contributed by atoms with Gasteiger partial charge in [0.15, 0.2) is 5.82 Å². The molecular formula is C12H12BrClN2O. The van der Waals surface area contributed by atoms with Crippen molar-refractivity contribution in [2.75, 3.05) is 0 Å². The third-order valence-corrected chi connectivity index (χ3v) is 3.51. The Balaban J connectivity index is 2.40. The lowest BCUT2D eigenvalue weighted by Crippen LogP contribution is -1.91. The van der Waals surface area contributed by atoms with Gasteiger partial charge in [-0.25, -0.2) is 0 Å². The molecule has 0 bridgehead atoms. The van der Waals surface area contributed by atoms with E-state index in [1.165, 1.54) is 0 Å². The molecule has 1 unspecified atom stereocenters. The van der Waals surface area contributed by atoms with Gasteiger partial charge in [0.1, 0.15) is 0 Å². The van der Waals surface area contributed by atoms with Crippen molar-refractivity contribution in [1.82, 2.24) is 10.1 Å². The molecule has 1 aromatic heterocycles. The highest BCUT2D eigenvalue weighted by Gasteiger charge is 2.16. The molecule has 5 heteroatoms. The van der Waals surface area contributed by atoms with Crippen molar-refractivity contribution in [2.24, 2.45) is 0 Å². The van der Waals surface area contributed by atoms with E-state index in [2.05, 4.69) is 26.1 Å². The van der Waals surface area contributed by atoms with Crippen LogP contribution in [0.1, 0.15) is 30.1 Å². The van der Waals surface area contributed by atoms with E-state index in [0.29, 0.717) is 11.7 Å². The first-order valence-corrected chi connectivity index (χ1v) is 6.59. The van der Waals surface area contributed by atoms with Crippen LogP contribution in [0.25, 0.3) is 11.5 Å². The number of benzene rings is 1. The summed E-state index contributed by atoms with van der Waals surface area (Å²) in [6.07, 6.45) is 0.776. The van der Waals surface area contributed by atoms with E-state index in [4.69, 9.17) is 16.1 Å². The van der Waals surface area contributed by atoms with Gasteiger partial charge in [-0.15, -0.1) is 11.6 Å². The molecule has 0 radical (unpaired) electrons. The minimum Gasteiger partial charge on any atom is -0.334 e. The number of hydrogen-bond acceptors (Lipinski definition) is 3. The third-order valence-electron chi connectivity index (χ3n) is 2.51. The van der Waals surface area contributed by atoms with Crippen LogP contribution in [0.5, 0.6) is 0 Å². The molecular weight excluding hydrogens is 304 g/mol. The van der Waals surface area contributed by atoms with E-state index in [1.807, 2.05) is 32.0 Å². The quantitative estimate of drug-likeness (QED) is 0.783. The average molecular weight is 316 g/mol. The first-order chi connectivity index (χ1) is 8.11. The highest BCUT2D eigenvalue weighted by molar-refractivity contribution is 9.10. The monoisotopic (exact) mass is 314 g/mol. The Morgan fingerprint density at radius 1 is 1.47 bits per heavy atom. The fraction of sp³-hybridized carbons (Fsp3) is 0.333. The number of aromatic nitrogens is 2. The number of hydrogen-bond donors (Lipinski definition) is 0. The second-order valence-corrected chi connectivity index (χ2v) is 5.24. The van der Waals surface area contributed by atoms with Crippen LogP contribution in [0.2, 0.25) is 0 Å². The third kappa shape index (κ3) is 2.69. The van der Waals surface area contributed by atoms with Crippen molar-refractivity contribution < 1.29 is 4.52 Å². The van der Waals surface area contributed by atoms with Crippen LogP contribution in [-0.2, 0) is 0 Å². The molecule has 0 fully saturated rings. The van der Waals surface area contributed by atoms with Crippen LogP contribution in [0.3, 0.4) is 0 Å². The van der Waals surface area contributed by atoms with Crippen LogP contribution in [0.15, 0.2) is 27.2 Å². The second kappa shape index (κ2) is 5.19. The molecule has 1 aromatic carbocycles. The molecule has 0 N–H and O–H groups in total. The van der Waals surface area contributed by atoms with Gasteiger partial charge >= 0.3 is 0 Å². The summed E-state index contributed by atoms with van der Waals surface area (Å²) in [7, 11) is 0. The molecule has 2 aromatic rings. The second-order valence-electron chi connectivity index (χ2n) is 3.79. The van der Waals surface area contributed by atoms with Gasteiger partial charge in [0.05, 0.1) is 5.38 Å². The lowest BCUT2D eigenvalue weighted by Gasteiger charge is -2.00. The van der Waals surface area contributed by atoms with E-state index < -0.39 is 0 Å². The summed E-state index contributed by atoms with van der Waals surface area (Å²) in [6, 6.07) is 5.94. The molecule has 17 heavy (non-hydrogen) atoms. The Bertz CT molecular complexity index is 527. The van der Waals surface area contributed by atoms with E-state index in [0.717, 1.165) is 22.0 Å². The fourth-order valence-corrected chi connectivity index (χ4v) is 1.93. The van der Waals surface area contributed by atoms with Gasteiger partial charge in [-0.3, -0.25) is 0 Å². The first-order valence-electron chi connectivity index (χ1n) is 5.36. The molecule has 0 saturated carbocycles. The van der Waals surface area contributed by atoms with Crippen molar-refractivity contribution in [2.45, 2.75) is 25.6 Å². The maximum absolute atomic E-state index is 6.07. The molecule has 0 saturated heterocycles. The summed E-state index contributed by atoms with van der Waals surface area (Å²) >= 11 is 9.50.